The highest BCUT2D eigenvalue weighted by Gasteiger charge is 2.34. The molecule has 0 aliphatic carbocycles. The smallest absolute Gasteiger partial charge is 0.127 e. The Morgan fingerprint density at radius 3 is 2.52 bits per heavy atom. The Hall–Kier alpha value is -2.23. The van der Waals surface area contributed by atoms with Gasteiger partial charge in [0.2, 0.25) is 0 Å². The van der Waals surface area contributed by atoms with Gasteiger partial charge < -0.3 is 15.2 Å². The summed E-state index contributed by atoms with van der Waals surface area (Å²) >= 11 is 0. The van der Waals surface area contributed by atoms with E-state index in [1.165, 1.54) is 5.56 Å². The monoisotopic (exact) mass is 340 g/mol. The average molecular weight is 340 g/mol. The Labute approximate surface area is 150 Å². The van der Waals surface area contributed by atoms with Gasteiger partial charge in [0.15, 0.2) is 0 Å². The van der Waals surface area contributed by atoms with E-state index in [0.717, 1.165) is 52.4 Å². The number of phenolic OH excluding ortho intramolecular Hbond substituents is 1. The van der Waals surface area contributed by atoms with Gasteiger partial charge in [-0.1, -0.05) is 0 Å². The normalized spacial score (nSPS) is 19.3. The number of benzene rings is 1. The average Bonchev–Trinajstić information content (AvgIpc) is 2.55. The lowest BCUT2D eigenvalue weighted by atomic mass is 9.87. The summed E-state index contributed by atoms with van der Waals surface area (Å²) in [5.41, 5.74) is 5.95. The molecule has 2 N–H and O–H groups in total. The third-order valence-electron chi connectivity index (χ3n) is 5.33. The summed E-state index contributed by atoms with van der Waals surface area (Å²) in [5, 5.41) is 13.7. The van der Waals surface area contributed by atoms with E-state index in [-0.39, 0.29) is 5.60 Å². The lowest BCUT2D eigenvalue weighted by molar-refractivity contribution is 0.0766. The second-order valence-electron chi connectivity index (χ2n) is 7.61. The van der Waals surface area contributed by atoms with Crippen LogP contribution in [0.1, 0.15) is 46.9 Å². The van der Waals surface area contributed by atoms with Gasteiger partial charge in [0, 0.05) is 11.3 Å². The van der Waals surface area contributed by atoms with Crippen molar-refractivity contribution >= 4 is 5.82 Å². The van der Waals surface area contributed by atoms with Crippen LogP contribution in [0.2, 0.25) is 0 Å². The molecule has 0 fully saturated rings. The van der Waals surface area contributed by atoms with Crippen LogP contribution < -0.4 is 10.1 Å². The van der Waals surface area contributed by atoms with Crippen molar-refractivity contribution < 1.29 is 9.84 Å². The van der Waals surface area contributed by atoms with E-state index in [0.29, 0.717) is 12.3 Å². The van der Waals surface area contributed by atoms with Crippen molar-refractivity contribution in [3.05, 3.63) is 45.6 Å². The van der Waals surface area contributed by atoms with E-state index >= 15 is 0 Å². The van der Waals surface area contributed by atoms with Gasteiger partial charge in [-0.15, -0.1) is 0 Å². The van der Waals surface area contributed by atoms with E-state index in [1.54, 1.807) is 0 Å². The Morgan fingerprint density at radius 1 is 1.12 bits per heavy atom. The molecule has 4 heteroatoms. The first kappa shape index (κ1) is 17.6. The molecule has 1 aromatic heterocycles. The number of ether oxygens (including phenoxy) is 1. The summed E-state index contributed by atoms with van der Waals surface area (Å²) in [6.07, 6.45) is 1.81. The fourth-order valence-electron chi connectivity index (χ4n) is 3.63. The number of phenols is 1. The molecule has 1 aromatic carbocycles. The summed E-state index contributed by atoms with van der Waals surface area (Å²) in [4.78, 5) is 4.55. The predicted octanol–water partition coefficient (Wildman–Crippen LogP) is 4.53. The molecule has 25 heavy (non-hydrogen) atoms. The van der Waals surface area contributed by atoms with Gasteiger partial charge in [-0.2, -0.15) is 0 Å². The lowest BCUT2D eigenvalue weighted by Crippen LogP contribution is -2.43. The number of nitrogens with zero attached hydrogens (tertiary/aromatic N) is 1. The molecule has 2 aromatic rings. The topological polar surface area (TPSA) is 54.4 Å². The molecule has 0 saturated heterocycles. The van der Waals surface area contributed by atoms with E-state index in [4.69, 9.17) is 4.74 Å². The van der Waals surface area contributed by atoms with E-state index in [2.05, 4.69) is 36.3 Å². The Morgan fingerprint density at radius 2 is 1.84 bits per heavy atom. The second-order valence-corrected chi connectivity index (χ2v) is 7.61. The molecule has 0 saturated carbocycles. The van der Waals surface area contributed by atoms with Crippen LogP contribution in [0.5, 0.6) is 11.5 Å². The van der Waals surface area contributed by atoms with Gasteiger partial charge >= 0.3 is 0 Å². The summed E-state index contributed by atoms with van der Waals surface area (Å²) < 4.78 is 6.45. The standard InChI is InChI=1S/C21H28N2O2/c1-12-9-13(2)23-18(10-12)22-11-21(6)8-7-17-16(5)19(24)14(3)15(4)20(17)25-21/h9-10,24H,7-8,11H2,1-6H3,(H,22,23). The maximum atomic E-state index is 10.3. The fourth-order valence-corrected chi connectivity index (χ4v) is 3.63. The van der Waals surface area contributed by atoms with Crippen LogP contribution in [0.25, 0.3) is 0 Å². The molecule has 2 heterocycles. The number of anilines is 1. The first-order valence-electron chi connectivity index (χ1n) is 8.90. The number of hydrogen-bond donors (Lipinski definition) is 2. The maximum Gasteiger partial charge on any atom is 0.127 e. The molecule has 0 bridgehead atoms. The minimum atomic E-state index is -0.299. The van der Waals surface area contributed by atoms with E-state index < -0.39 is 0 Å². The van der Waals surface area contributed by atoms with Gasteiger partial charge in [-0.25, -0.2) is 4.98 Å². The van der Waals surface area contributed by atoms with Crippen LogP contribution in [0, 0.1) is 34.6 Å². The SMILES string of the molecule is Cc1cc(C)nc(NCC2(C)CCc3c(C)c(O)c(C)c(C)c3O2)c1. The summed E-state index contributed by atoms with van der Waals surface area (Å²) in [6, 6.07) is 4.13. The second kappa shape index (κ2) is 6.25. The van der Waals surface area contributed by atoms with Crippen LogP contribution in [0.4, 0.5) is 5.82 Å². The fraction of sp³-hybridized carbons (Fsp3) is 0.476. The van der Waals surface area contributed by atoms with Gasteiger partial charge in [0.05, 0.1) is 6.54 Å². The highest BCUT2D eigenvalue weighted by Crippen LogP contribution is 2.43. The molecule has 0 amide bonds. The molecule has 1 aliphatic heterocycles. The molecule has 1 atom stereocenters. The number of rotatable bonds is 3. The molecular weight excluding hydrogens is 312 g/mol. The van der Waals surface area contributed by atoms with E-state index in [9.17, 15) is 5.11 Å². The molecule has 134 valence electrons. The van der Waals surface area contributed by atoms with Crippen molar-refractivity contribution in [3.63, 3.8) is 0 Å². The molecule has 0 spiro atoms. The highest BCUT2D eigenvalue weighted by atomic mass is 16.5. The predicted molar refractivity (Wildman–Crippen MR) is 102 cm³/mol. The number of nitrogens with one attached hydrogen (secondary N) is 1. The third kappa shape index (κ3) is 3.30. The van der Waals surface area contributed by atoms with E-state index in [1.807, 2.05) is 27.7 Å². The summed E-state index contributed by atoms with van der Waals surface area (Å²) in [6.45, 7) is 12.9. The number of pyridine rings is 1. The van der Waals surface area contributed by atoms with Crippen molar-refractivity contribution in [1.29, 1.82) is 0 Å². The largest absolute Gasteiger partial charge is 0.507 e. The Balaban J connectivity index is 1.83. The number of aromatic nitrogens is 1. The number of aryl methyl sites for hydroxylation is 2. The van der Waals surface area contributed by atoms with Crippen molar-refractivity contribution in [2.45, 2.75) is 60.0 Å². The number of aromatic hydroxyl groups is 1. The van der Waals surface area contributed by atoms with Gasteiger partial charge in [0.25, 0.3) is 0 Å². The molecule has 0 radical (unpaired) electrons. The van der Waals surface area contributed by atoms with Crippen LogP contribution in [0.15, 0.2) is 12.1 Å². The lowest BCUT2D eigenvalue weighted by Gasteiger charge is -2.38. The van der Waals surface area contributed by atoms with Crippen molar-refractivity contribution in [3.8, 4) is 11.5 Å². The quantitative estimate of drug-likeness (QED) is 0.862. The Bertz CT molecular complexity index is 809. The minimum absolute atomic E-state index is 0.299. The van der Waals surface area contributed by atoms with Crippen LogP contribution in [0.3, 0.4) is 0 Å². The first-order chi connectivity index (χ1) is 11.7. The molecule has 4 nitrogen and oxygen atoms in total. The van der Waals surface area contributed by atoms with Gasteiger partial charge in [0.1, 0.15) is 22.9 Å². The van der Waals surface area contributed by atoms with Crippen LogP contribution in [-0.2, 0) is 6.42 Å². The molecule has 1 unspecified atom stereocenters. The van der Waals surface area contributed by atoms with Crippen molar-refractivity contribution in [2.24, 2.45) is 0 Å². The van der Waals surface area contributed by atoms with Crippen LogP contribution in [-0.4, -0.2) is 22.2 Å². The van der Waals surface area contributed by atoms with Gasteiger partial charge in [-0.05, 0) is 88.8 Å². The van der Waals surface area contributed by atoms with Crippen molar-refractivity contribution in [1.82, 2.24) is 4.98 Å². The van der Waals surface area contributed by atoms with Gasteiger partial charge in [-0.3, -0.25) is 0 Å². The maximum absolute atomic E-state index is 10.3. The first-order valence-corrected chi connectivity index (χ1v) is 8.90. The molecule has 3 rings (SSSR count). The number of fused-ring (bicyclic) bond motifs is 1. The zero-order valence-electron chi connectivity index (χ0n) is 16.1. The molecular formula is C21H28N2O2. The summed E-state index contributed by atoms with van der Waals surface area (Å²) in [7, 11) is 0. The minimum Gasteiger partial charge on any atom is -0.507 e. The molecule has 1 aliphatic rings. The van der Waals surface area contributed by atoms with Crippen LogP contribution >= 0.6 is 0 Å². The zero-order chi connectivity index (χ0) is 18.4. The number of hydrogen-bond acceptors (Lipinski definition) is 4. The summed E-state index contributed by atoms with van der Waals surface area (Å²) in [5.74, 6) is 2.24. The Kier molecular flexibility index (Phi) is 4.40. The third-order valence-corrected chi connectivity index (χ3v) is 5.33. The van der Waals surface area contributed by atoms with Crippen molar-refractivity contribution in [2.75, 3.05) is 11.9 Å². The zero-order valence-corrected chi connectivity index (χ0v) is 16.1. The highest BCUT2D eigenvalue weighted by molar-refractivity contribution is 5.58.